The molecule has 0 bridgehead atoms. The predicted molar refractivity (Wildman–Crippen MR) is 70.8 cm³/mol. The van der Waals surface area contributed by atoms with Crippen LogP contribution in [-0.4, -0.2) is 23.4 Å². The Bertz CT molecular complexity index is 381. The minimum atomic E-state index is -0.419. The Labute approximate surface area is 108 Å². The van der Waals surface area contributed by atoms with Crippen LogP contribution in [0.4, 0.5) is 0 Å². The van der Waals surface area contributed by atoms with Crippen LogP contribution in [0, 0.1) is 0 Å². The first-order valence-corrected chi connectivity index (χ1v) is 6.25. The fourth-order valence-corrected chi connectivity index (χ4v) is 1.78. The monoisotopic (exact) mass is 254 g/mol. The maximum Gasteiger partial charge on any atom is 0.239 e. The molecule has 0 saturated heterocycles. The molecule has 0 saturated carbocycles. The average molecular weight is 255 g/mol. The van der Waals surface area contributed by atoms with E-state index in [2.05, 4.69) is 0 Å². The number of carbonyl (C=O) groups excluding carboxylic acids is 1. The van der Waals surface area contributed by atoms with Gasteiger partial charge in [-0.1, -0.05) is 36.7 Å². The Morgan fingerprint density at radius 1 is 1.41 bits per heavy atom. The topological polar surface area (TPSA) is 46.3 Å². The third kappa shape index (κ3) is 3.72. The molecule has 1 unspecified atom stereocenters. The minimum absolute atomic E-state index is 0.0186. The summed E-state index contributed by atoms with van der Waals surface area (Å²) in [7, 11) is 0. The molecule has 1 rings (SSSR count). The van der Waals surface area contributed by atoms with Crippen molar-refractivity contribution in [2.24, 2.45) is 5.73 Å². The molecule has 2 N–H and O–H groups in total. The average Bonchev–Trinajstić information content (AvgIpc) is 2.36. The van der Waals surface area contributed by atoms with Crippen molar-refractivity contribution in [3.8, 4) is 0 Å². The number of nitrogens with zero attached hydrogens (tertiary/aromatic N) is 1. The molecule has 0 heterocycles. The summed E-state index contributed by atoms with van der Waals surface area (Å²) in [6.07, 6.45) is 0.651. The third-order valence-electron chi connectivity index (χ3n) is 2.77. The first-order chi connectivity index (χ1) is 8.10. The lowest BCUT2D eigenvalue weighted by molar-refractivity contribution is -0.133. The largest absolute Gasteiger partial charge is 0.337 e. The summed E-state index contributed by atoms with van der Waals surface area (Å²) >= 11 is 6.07. The smallest absolute Gasteiger partial charge is 0.239 e. The van der Waals surface area contributed by atoms with Crippen molar-refractivity contribution in [1.82, 2.24) is 4.90 Å². The van der Waals surface area contributed by atoms with Crippen LogP contribution in [0.1, 0.15) is 25.8 Å². The van der Waals surface area contributed by atoms with E-state index in [-0.39, 0.29) is 5.91 Å². The molecule has 0 spiro atoms. The zero-order valence-corrected chi connectivity index (χ0v) is 11.1. The van der Waals surface area contributed by atoms with Crippen LogP contribution in [0.15, 0.2) is 24.3 Å². The minimum Gasteiger partial charge on any atom is -0.337 e. The lowest BCUT2D eigenvalue weighted by Crippen LogP contribution is -2.42. The summed E-state index contributed by atoms with van der Waals surface area (Å²) in [5.74, 6) is -0.0186. The number of hydrogen-bond donors (Lipinski definition) is 1. The second-order valence-electron chi connectivity index (χ2n) is 3.96. The van der Waals surface area contributed by atoms with Crippen LogP contribution < -0.4 is 5.73 Å². The molecule has 1 atom stereocenters. The Morgan fingerprint density at radius 3 is 2.59 bits per heavy atom. The van der Waals surface area contributed by atoms with Crippen molar-refractivity contribution in [2.45, 2.75) is 32.9 Å². The van der Waals surface area contributed by atoms with Gasteiger partial charge in [0.05, 0.1) is 6.04 Å². The number of likely N-dealkylation sites (N-methyl/N-ethyl adjacent to an activating group) is 1. The van der Waals surface area contributed by atoms with E-state index in [9.17, 15) is 4.79 Å². The highest BCUT2D eigenvalue weighted by Crippen LogP contribution is 2.17. The molecule has 1 amide bonds. The van der Waals surface area contributed by atoms with Gasteiger partial charge in [-0.25, -0.2) is 0 Å². The van der Waals surface area contributed by atoms with Gasteiger partial charge in [0.1, 0.15) is 0 Å². The van der Waals surface area contributed by atoms with Gasteiger partial charge < -0.3 is 10.6 Å². The van der Waals surface area contributed by atoms with Crippen LogP contribution in [0.25, 0.3) is 0 Å². The molecule has 94 valence electrons. The first-order valence-electron chi connectivity index (χ1n) is 5.87. The van der Waals surface area contributed by atoms with Gasteiger partial charge in [-0.3, -0.25) is 4.79 Å². The Balaban J connectivity index is 2.77. The number of rotatable bonds is 5. The normalized spacial score (nSPS) is 12.2. The van der Waals surface area contributed by atoms with E-state index in [0.717, 1.165) is 5.56 Å². The fraction of sp³-hybridized carbons (Fsp3) is 0.462. The number of amides is 1. The van der Waals surface area contributed by atoms with Gasteiger partial charge in [0.2, 0.25) is 5.91 Å². The number of nitrogens with two attached hydrogens (primary N) is 1. The molecule has 1 aromatic rings. The Hall–Kier alpha value is -1.06. The van der Waals surface area contributed by atoms with Gasteiger partial charge in [0.15, 0.2) is 0 Å². The highest BCUT2D eigenvalue weighted by atomic mass is 35.5. The van der Waals surface area contributed by atoms with Crippen molar-refractivity contribution in [1.29, 1.82) is 0 Å². The van der Waals surface area contributed by atoms with E-state index in [1.54, 1.807) is 4.90 Å². The van der Waals surface area contributed by atoms with Gasteiger partial charge in [0, 0.05) is 18.1 Å². The van der Waals surface area contributed by atoms with Gasteiger partial charge in [-0.2, -0.15) is 0 Å². The second kappa shape index (κ2) is 6.62. The SMILES string of the molecule is CCC(N)C(=O)N(CC)Cc1ccccc1Cl. The van der Waals surface area contributed by atoms with Crippen LogP contribution in [0.2, 0.25) is 5.02 Å². The van der Waals surface area contributed by atoms with Crippen molar-refractivity contribution in [2.75, 3.05) is 6.54 Å². The van der Waals surface area contributed by atoms with Gasteiger partial charge in [-0.15, -0.1) is 0 Å². The van der Waals surface area contributed by atoms with Gasteiger partial charge in [-0.05, 0) is 25.0 Å². The molecule has 0 radical (unpaired) electrons. The zero-order chi connectivity index (χ0) is 12.8. The van der Waals surface area contributed by atoms with E-state index < -0.39 is 6.04 Å². The van der Waals surface area contributed by atoms with E-state index >= 15 is 0 Å². The van der Waals surface area contributed by atoms with Gasteiger partial charge >= 0.3 is 0 Å². The Kier molecular flexibility index (Phi) is 5.45. The summed E-state index contributed by atoms with van der Waals surface area (Å²) in [5.41, 5.74) is 6.71. The molecule has 0 aromatic heterocycles. The predicted octanol–water partition coefficient (Wildman–Crippen LogP) is 2.43. The van der Waals surface area contributed by atoms with Crippen molar-refractivity contribution >= 4 is 17.5 Å². The molecule has 1 aromatic carbocycles. The molecule has 0 aliphatic rings. The number of hydrogen-bond acceptors (Lipinski definition) is 2. The lowest BCUT2D eigenvalue weighted by Gasteiger charge is -2.24. The van der Waals surface area contributed by atoms with Crippen molar-refractivity contribution in [3.63, 3.8) is 0 Å². The van der Waals surface area contributed by atoms with E-state index in [1.165, 1.54) is 0 Å². The summed E-state index contributed by atoms with van der Waals surface area (Å²) in [6, 6.07) is 7.13. The molecule has 4 heteroatoms. The standard InChI is InChI=1S/C13H19ClN2O/c1-3-12(15)13(17)16(4-2)9-10-7-5-6-8-11(10)14/h5-8,12H,3-4,9,15H2,1-2H3. The number of halogens is 1. The van der Waals surface area contributed by atoms with Crippen LogP contribution in [0.3, 0.4) is 0 Å². The lowest BCUT2D eigenvalue weighted by atomic mass is 10.1. The highest BCUT2D eigenvalue weighted by Gasteiger charge is 2.18. The second-order valence-corrected chi connectivity index (χ2v) is 4.37. The molecule has 3 nitrogen and oxygen atoms in total. The highest BCUT2D eigenvalue weighted by molar-refractivity contribution is 6.31. The van der Waals surface area contributed by atoms with Crippen LogP contribution in [-0.2, 0) is 11.3 Å². The number of benzene rings is 1. The summed E-state index contributed by atoms with van der Waals surface area (Å²) < 4.78 is 0. The summed E-state index contributed by atoms with van der Waals surface area (Å²) in [5, 5.41) is 0.684. The summed E-state index contributed by atoms with van der Waals surface area (Å²) in [4.78, 5) is 13.7. The molecular weight excluding hydrogens is 236 g/mol. The molecule has 0 aliphatic carbocycles. The van der Waals surface area contributed by atoms with Crippen molar-refractivity contribution < 1.29 is 4.79 Å². The molecular formula is C13H19ClN2O. The zero-order valence-electron chi connectivity index (χ0n) is 10.3. The third-order valence-corrected chi connectivity index (χ3v) is 3.14. The first kappa shape index (κ1) is 14.0. The summed E-state index contributed by atoms with van der Waals surface area (Å²) in [6.45, 7) is 5.00. The van der Waals surface area contributed by atoms with Crippen molar-refractivity contribution in [3.05, 3.63) is 34.9 Å². The van der Waals surface area contributed by atoms with Gasteiger partial charge in [0.25, 0.3) is 0 Å². The fourth-order valence-electron chi connectivity index (χ4n) is 1.59. The van der Waals surface area contributed by atoms with E-state index in [0.29, 0.717) is 24.5 Å². The number of carbonyl (C=O) groups is 1. The maximum absolute atomic E-state index is 12.0. The van der Waals surface area contributed by atoms with Crippen LogP contribution in [0.5, 0.6) is 0 Å². The quantitative estimate of drug-likeness (QED) is 0.877. The maximum atomic E-state index is 12.0. The molecule has 0 fully saturated rings. The Morgan fingerprint density at radius 2 is 2.06 bits per heavy atom. The molecule has 0 aliphatic heterocycles. The van der Waals surface area contributed by atoms with E-state index in [1.807, 2.05) is 38.1 Å². The molecule has 17 heavy (non-hydrogen) atoms. The van der Waals surface area contributed by atoms with E-state index in [4.69, 9.17) is 17.3 Å². The van der Waals surface area contributed by atoms with Crippen LogP contribution >= 0.6 is 11.6 Å².